The van der Waals surface area contributed by atoms with Crippen LogP contribution in [0.15, 0.2) is 0 Å². The summed E-state index contributed by atoms with van der Waals surface area (Å²) >= 11 is 0. The molecule has 3 N–H and O–H groups in total. The van der Waals surface area contributed by atoms with E-state index >= 15 is 0 Å². The lowest BCUT2D eigenvalue weighted by Crippen LogP contribution is -2.43. The Kier molecular flexibility index (Phi) is 5.53. The van der Waals surface area contributed by atoms with Crippen LogP contribution in [0.4, 0.5) is 0 Å². The van der Waals surface area contributed by atoms with Gasteiger partial charge >= 0.3 is 0 Å². The van der Waals surface area contributed by atoms with E-state index in [9.17, 15) is 0 Å². The van der Waals surface area contributed by atoms with Gasteiger partial charge in [0.2, 0.25) is 0 Å². The fourth-order valence-electron chi connectivity index (χ4n) is 0.798. The Bertz CT molecular complexity index is 131. The van der Waals surface area contributed by atoms with E-state index in [0.29, 0.717) is 5.92 Å². The highest BCUT2D eigenvalue weighted by Gasteiger charge is 2.22. The third-order valence-corrected chi connectivity index (χ3v) is 2.85. The molecule has 0 atom stereocenters. The normalized spacial score (nSPS) is 12.9. The first-order chi connectivity index (χ1) is 5.94. The molecule has 13 heavy (non-hydrogen) atoms. The molecule has 0 heterocycles. The summed E-state index contributed by atoms with van der Waals surface area (Å²) in [5.41, 5.74) is 0.197. The third-order valence-electron chi connectivity index (χ3n) is 2.85. The summed E-state index contributed by atoms with van der Waals surface area (Å²) in [4.78, 5) is 0. The van der Waals surface area contributed by atoms with Gasteiger partial charge in [-0.25, -0.2) is 0 Å². The second-order valence-corrected chi connectivity index (χ2v) is 4.59. The first kappa shape index (κ1) is 12.9. The van der Waals surface area contributed by atoms with Crippen LogP contribution in [0.1, 0.15) is 27.7 Å². The molecular weight excluding hydrogens is 166 g/mol. The summed E-state index contributed by atoms with van der Waals surface area (Å²) in [6, 6.07) is -0.182. The second kappa shape index (κ2) is 5.58. The smallest absolute Gasteiger partial charge is 0.0607 e. The van der Waals surface area contributed by atoms with Gasteiger partial charge in [0.05, 0.1) is 19.3 Å². The SMILES string of the molecule is CC(C)C(C)(C)CNC(CO)CO. The summed E-state index contributed by atoms with van der Waals surface area (Å²) < 4.78 is 0. The van der Waals surface area contributed by atoms with Crippen LogP contribution in [0.5, 0.6) is 0 Å². The zero-order valence-corrected chi connectivity index (χ0v) is 9.17. The average molecular weight is 189 g/mol. The summed E-state index contributed by atoms with van der Waals surface area (Å²) in [5, 5.41) is 20.8. The van der Waals surface area contributed by atoms with Crippen LogP contribution in [0.2, 0.25) is 0 Å². The second-order valence-electron chi connectivity index (χ2n) is 4.59. The molecule has 0 aromatic carbocycles. The van der Waals surface area contributed by atoms with Crippen molar-refractivity contribution in [2.24, 2.45) is 11.3 Å². The standard InChI is InChI=1S/C10H23NO2/c1-8(2)10(3,4)7-11-9(5-12)6-13/h8-9,11-13H,5-7H2,1-4H3. The molecule has 0 radical (unpaired) electrons. The molecule has 0 fully saturated rings. The minimum absolute atomic E-state index is 0.00925. The third kappa shape index (κ3) is 4.60. The van der Waals surface area contributed by atoms with E-state index in [1.165, 1.54) is 0 Å². The van der Waals surface area contributed by atoms with Crippen molar-refractivity contribution in [1.29, 1.82) is 0 Å². The predicted octanol–water partition coefficient (Wildman–Crippen LogP) is 0.611. The molecule has 0 unspecified atom stereocenters. The van der Waals surface area contributed by atoms with Crippen LogP contribution in [0.25, 0.3) is 0 Å². The molecule has 0 rings (SSSR count). The summed E-state index contributed by atoms with van der Waals surface area (Å²) in [7, 11) is 0. The first-order valence-electron chi connectivity index (χ1n) is 4.89. The van der Waals surface area contributed by atoms with Crippen LogP contribution in [0.3, 0.4) is 0 Å². The molecule has 0 amide bonds. The van der Waals surface area contributed by atoms with Crippen molar-refractivity contribution >= 4 is 0 Å². The molecule has 0 spiro atoms. The average Bonchev–Trinajstić information content (AvgIpc) is 2.06. The van der Waals surface area contributed by atoms with Gasteiger partial charge in [-0.15, -0.1) is 0 Å². The van der Waals surface area contributed by atoms with E-state index in [1.54, 1.807) is 0 Å². The largest absolute Gasteiger partial charge is 0.395 e. The molecule has 0 saturated carbocycles. The van der Waals surface area contributed by atoms with Gasteiger partial charge in [-0.1, -0.05) is 27.7 Å². The Balaban J connectivity index is 3.85. The zero-order chi connectivity index (χ0) is 10.5. The Hall–Kier alpha value is -0.120. The van der Waals surface area contributed by atoms with E-state index in [-0.39, 0.29) is 24.7 Å². The number of hydrogen-bond donors (Lipinski definition) is 3. The van der Waals surface area contributed by atoms with E-state index in [1.807, 2.05) is 0 Å². The fraction of sp³-hybridized carbons (Fsp3) is 1.00. The van der Waals surface area contributed by atoms with Crippen LogP contribution in [-0.4, -0.2) is 36.0 Å². The Morgan fingerprint density at radius 2 is 1.62 bits per heavy atom. The highest BCUT2D eigenvalue weighted by Crippen LogP contribution is 2.24. The highest BCUT2D eigenvalue weighted by molar-refractivity contribution is 4.77. The monoisotopic (exact) mass is 189 g/mol. The van der Waals surface area contributed by atoms with Crippen molar-refractivity contribution < 1.29 is 10.2 Å². The maximum atomic E-state index is 8.84. The quantitative estimate of drug-likeness (QED) is 0.574. The van der Waals surface area contributed by atoms with Crippen LogP contribution < -0.4 is 5.32 Å². The van der Waals surface area contributed by atoms with Crippen LogP contribution in [-0.2, 0) is 0 Å². The fourth-order valence-corrected chi connectivity index (χ4v) is 0.798. The maximum Gasteiger partial charge on any atom is 0.0607 e. The topological polar surface area (TPSA) is 52.5 Å². The van der Waals surface area contributed by atoms with Gasteiger partial charge in [0, 0.05) is 6.54 Å². The van der Waals surface area contributed by atoms with Gasteiger partial charge in [-0.3, -0.25) is 0 Å². The van der Waals surface area contributed by atoms with Gasteiger partial charge in [-0.05, 0) is 11.3 Å². The van der Waals surface area contributed by atoms with Crippen LogP contribution in [0, 0.1) is 11.3 Å². The first-order valence-corrected chi connectivity index (χ1v) is 4.89. The number of aliphatic hydroxyl groups excluding tert-OH is 2. The minimum atomic E-state index is -0.182. The van der Waals surface area contributed by atoms with E-state index in [0.717, 1.165) is 6.54 Å². The maximum absolute atomic E-state index is 8.84. The highest BCUT2D eigenvalue weighted by atomic mass is 16.3. The van der Waals surface area contributed by atoms with Crippen molar-refractivity contribution in [3.05, 3.63) is 0 Å². The lowest BCUT2D eigenvalue weighted by molar-refractivity contribution is 0.148. The minimum Gasteiger partial charge on any atom is -0.395 e. The van der Waals surface area contributed by atoms with Gasteiger partial charge in [-0.2, -0.15) is 0 Å². The molecule has 0 aromatic heterocycles. The molecular formula is C10H23NO2. The molecule has 3 heteroatoms. The molecule has 80 valence electrons. The van der Waals surface area contributed by atoms with E-state index in [2.05, 4.69) is 33.0 Å². The summed E-state index contributed by atoms with van der Waals surface area (Å²) in [6.45, 7) is 9.50. The van der Waals surface area contributed by atoms with E-state index < -0.39 is 0 Å². The molecule has 0 aromatic rings. The Morgan fingerprint density at radius 3 is 1.92 bits per heavy atom. The Morgan fingerprint density at radius 1 is 1.15 bits per heavy atom. The Labute approximate surface area is 81.2 Å². The summed E-state index contributed by atoms with van der Waals surface area (Å²) in [6.07, 6.45) is 0. The molecule has 0 saturated heterocycles. The van der Waals surface area contributed by atoms with Gasteiger partial charge in [0.25, 0.3) is 0 Å². The number of rotatable bonds is 6. The van der Waals surface area contributed by atoms with Crippen molar-refractivity contribution in [3.63, 3.8) is 0 Å². The number of aliphatic hydroxyl groups is 2. The zero-order valence-electron chi connectivity index (χ0n) is 9.17. The lowest BCUT2D eigenvalue weighted by Gasteiger charge is -2.31. The number of nitrogens with one attached hydrogen (secondary N) is 1. The van der Waals surface area contributed by atoms with Gasteiger partial charge < -0.3 is 15.5 Å². The van der Waals surface area contributed by atoms with E-state index in [4.69, 9.17) is 10.2 Å². The lowest BCUT2D eigenvalue weighted by atomic mass is 9.81. The van der Waals surface area contributed by atoms with Crippen molar-refractivity contribution in [3.8, 4) is 0 Å². The number of hydrogen-bond acceptors (Lipinski definition) is 3. The van der Waals surface area contributed by atoms with Crippen LogP contribution >= 0.6 is 0 Å². The summed E-state index contributed by atoms with van der Waals surface area (Å²) in [5.74, 6) is 0.582. The van der Waals surface area contributed by atoms with Crippen molar-refractivity contribution in [2.75, 3.05) is 19.8 Å². The van der Waals surface area contributed by atoms with Gasteiger partial charge in [0.15, 0.2) is 0 Å². The molecule has 0 aliphatic heterocycles. The molecule has 0 aliphatic rings. The molecule has 0 bridgehead atoms. The van der Waals surface area contributed by atoms with Crippen molar-refractivity contribution in [1.82, 2.24) is 5.32 Å². The van der Waals surface area contributed by atoms with Gasteiger partial charge in [0.1, 0.15) is 0 Å². The van der Waals surface area contributed by atoms with Crippen molar-refractivity contribution in [2.45, 2.75) is 33.7 Å². The molecule has 0 aliphatic carbocycles. The predicted molar refractivity (Wildman–Crippen MR) is 54.6 cm³/mol. The molecule has 3 nitrogen and oxygen atoms in total.